The highest BCUT2D eigenvalue weighted by Crippen LogP contribution is 2.31. The van der Waals surface area contributed by atoms with Gasteiger partial charge < -0.3 is 9.73 Å². The van der Waals surface area contributed by atoms with Gasteiger partial charge in [0.1, 0.15) is 5.69 Å². The number of nitrogens with one attached hydrogen (secondary N) is 1. The molecule has 0 aliphatic heterocycles. The van der Waals surface area contributed by atoms with Crippen molar-refractivity contribution in [3.05, 3.63) is 50.9 Å². The van der Waals surface area contributed by atoms with Gasteiger partial charge in [0.15, 0.2) is 0 Å². The van der Waals surface area contributed by atoms with Gasteiger partial charge in [0.25, 0.3) is 16.8 Å². The number of hydrogen-bond acceptors (Lipinski definition) is 8. The Bertz CT molecular complexity index is 953. The highest BCUT2D eigenvalue weighted by molar-refractivity contribution is 7.99. The highest BCUT2D eigenvalue weighted by atomic mass is 32.2. The number of carbonyl (C=O) groups is 1. The molecule has 0 radical (unpaired) electrons. The molecule has 8 nitrogen and oxygen atoms in total. The van der Waals surface area contributed by atoms with E-state index in [2.05, 4.69) is 15.5 Å². The minimum Gasteiger partial charge on any atom is -0.410 e. The average molecular weight is 390 g/mol. The molecular formula is C16H14N4O4S2. The summed E-state index contributed by atoms with van der Waals surface area (Å²) in [6.45, 7) is 3.56. The molecular weight excluding hydrogens is 376 g/mol. The molecule has 1 N–H and O–H groups in total. The number of nitro benzene ring substituents is 1. The second-order valence-corrected chi connectivity index (χ2v) is 7.22. The van der Waals surface area contributed by atoms with Crippen molar-refractivity contribution in [2.45, 2.75) is 19.1 Å². The Balaban J connectivity index is 1.67. The van der Waals surface area contributed by atoms with E-state index in [-0.39, 0.29) is 28.3 Å². The average Bonchev–Trinajstić information content (AvgIpc) is 3.28. The molecule has 3 aromatic rings. The Morgan fingerprint density at radius 2 is 2.15 bits per heavy atom. The molecule has 0 fully saturated rings. The molecule has 0 atom stereocenters. The van der Waals surface area contributed by atoms with Crippen LogP contribution in [-0.2, 0) is 4.79 Å². The third-order valence-corrected chi connectivity index (χ3v) is 5.32. The van der Waals surface area contributed by atoms with Crippen LogP contribution < -0.4 is 5.32 Å². The van der Waals surface area contributed by atoms with Gasteiger partial charge in [0.05, 0.1) is 15.6 Å². The van der Waals surface area contributed by atoms with E-state index < -0.39 is 4.92 Å². The number of amides is 1. The summed E-state index contributed by atoms with van der Waals surface area (Å²) in [5, 5.41) is 23.8. The minimum absolute atomic E-state index is 0.00336. The standard InChI is InChI=1S/C16H14N4O4S2/c1-9-5-6-11(20(22)23)14(10(9)2)17-13(21)8-26-16-19-18-15(24-16)12-4-3-7-25-12/h3-7H,8H2,1-2H3,(H,17,21). The fourth-order valence-corrected chi connectivity index (χ4v) is 3.39. The van der Waals surface area contributed by atoms with Crippen molar-refractivity contribution in [3.63, 3.8) is 0 Å². The zero-order valence-electron chi connectivity index (χ0n) is 13.9. The number of carbonyl (C=O) groups excluding carboxylic acids is 1. The predicted molar refractivity (Wildman–Crippen MR) is 99.5 cm³/mol. The molecule has 0 saturated carbocycles. The third kappa shape index (κ3) is 3.92. The zero-order chi connectivity index (χ0) is 18.7. The molecule has 0 spiro atoms. The van der Waals surface area contributed by atoms with Gasteiger partial charge in [-0.2, -0.15) is 0 Å². The lowest BCUT2D eigenvalue weighted by molar-refractivity contribution is -0.384. The summed E-state index contributed by atoms with van der Waals surface area (Å²) in [6, 6.07) is 6.78. The van der Waals surface area contributed by atoms with Crippen molar-refractivity contribution in [1.82, 2.24) is 10.2 Å². The summed E-state index contributed by atoms with van der Waals surface area (Å²) in [4.78, 5) is 23.7. The Labute approximate surface area is 156 Å². The van der Waals surface area contributed by atoms with Crippen molar-refractivity contribution in [3.8, 4) is 10.8 Å². The molecule has 0 aliphatic rings. The van der Waals surface area contributed by atoms with Crippen LogP contribution in [0.1, 0.15) is 11.1 Å². The number of thioether (sulfide) groups is 1. The Morgan fingerprint density at radius 1 is 1.35 bits per heavy atom. The fraction of sp³-hybridized carbons (Fsp3) is 0.188. The summed E-state index contributed by atoms with van der Waals surface area (Å²) < 4.78 is 5.50. The van der Waals surface area contributed by atoms with E-state index in [1.807, 2.05) is 24.4 Å². The van der Waals surface area contributed by atoms with Gasteiger partial charge in [0, 0.05) is 6.07 Å². The molecule has 0 aliphatic carbocycles. The number of nitrogens with zero attached hydrogens (tertiary/aromatic N) is 3. The largest absolute Gasteiger partial charge is 0.410 e. The molecule has 1 amide bonds. The zero-order valence-corrected chi connectivity index (χ0v) is 15.5. The van der Waals surface area contributed by atoms with E-state index in [1.165, 1.54) is 17.4 Å². The minimum atomic E-state index is -0.513. The first-order chi connectivity index (χ1) is 12.5. The first kappa shape index (κ1) is 18.1. The number of hydrogen-bond donors (Lipinski definition) is 1. The SMILES string of the molecule is Cc1ccc([N+](=O)[O-])c(NC(=O)CSc2nnc(-c3cccs3)o2)c1C. The van der Waals surface area contributed by atoms with Gasteiger partial charge in [-0.1, -0.05) is 23.9 Å². The fourth-order valence-electron chi connectivity index (χ4n) is 2.18. The Kier molecular flexibility index (Phi) is 5.33. The van der Waals surface area contributed by atoms with E-state index >= 15 is 0 Å². The number of aryl methyl sites for hydroxylation is 1. The number of rotatable bonds is 6. The van der Waals surface area contributed by atoms with Crippen LogP contribution in [0.2, 0.25) is 0 Å². The number of nitro groups is 1. The molecule has 26 heavy (non-hydrogen) atoms. The number of benzene rings is 1. The lowest BCUT2D eigenvalue weighted by Crippen LogP contribution is -2.16. The predicted octanol–water partition coefficient (Wildman–Crippen LogP) is 4.05. The monoisotopic (exact) mass is 390 g/mol. The third-order valence-electron chi connectivity index (χ3n) is 3.64. The first-order valence-electron chi connectivity index (χ1n) is 7.50. The van der Waals surface area contributed by atoms with E-state index in [0.29, 0.717) is 11.5 Å². The van der Waals surface area contributed by atoms with Crippen molar-refractivity contribution >= 4 is 40.4 Å². The van der Waals surface area contributed by atoms with Gasteiger partial charge in [-0.3, -0.25) is 14.9 Å². The second-order valence-electron chi connectivity index (χ2n) is 5.35. The molecule has 10 heteroatoms. The van der Waals surface area contributed by atoms with E-state index in [4.69, 9.17) is 4.42 Å². The van der Waals surface area contributed by atoms with Crippen LogP contribution in [0.25, 0.3) is 10.8 Å². The van der Waals surface area contributed by atoms with Crippen LogP contribution in [0.4, 0.5) is 11.4 Å². The normalized spacial score (nSPS) is 10.7. The van der Waals surface area contributed by atoms with Crippen LogP contribution in [0.3, 0.4) is 0 Å². The molecule has 134 valence electrons. The highest BCUT2D eigenvalue weighted by Gasteiger charge is 2.20. The maximum absolute atomic E-state index is 12.2. The summed E-state index contributed by atoms with van der Waals surface area (Å²) in [5.41, 5.74) is 1.60. The van der Waals surface area contributed by atoms with Gasteiger partial charge in [-0.05, 0) is 36.4 Å². The van der Waals surface area contributed by atoms with Crippen molar-refractivity contribution in [2.75, 3.05) is 11.1 Å². The molecule has 2 aromatic heterocycles. The molecule has 2 heterocycles. The smallest absolute Gasteiger partial charge is 0.293 e. The van der Waals surface area contributed by atoms with Crippen LogP contribution >= 0.6 is 23.1 Å². The van der Waals surface area contributed by atoms with Crippen LogP contribution in [0.15, 0.2) is 39.3 Å². The molecule has 0 saturated heterocycles. The quantitative estimate of drug-likeness (QED) is 0.384. The molecule has 3 rings (SSSR count). The topological polar surface area (TPSA) is 111 Å². The summed E-state index contributed by atoms with van der Waals surface area (Å²) in [6.07, 6.45) is 0. The molecule has 0 unspecified atom stereocenters. The second kappa shape index (κ2) is 7.67. The number of thiophene rings is 1. The maximum atomic E-state index is 12.2. The molecule has 1 aromatic carbocycles. The Morgan fingerprint density at radius 3 is 2.85 bits per heavy atom. The number of anilines is 1. The summed E-state index contributed by atoms with van der Waals surface area (Å²) in [5.74, 6) is 0.00659. The van der Waals surface area contributed by atoms with Crippen LogP contribution in [0, 0.1) is 24.0 Å². The van der Waals surface area contributed by atoms with Crippen LogP contribution in [0.5, 0.6) is 0 Å². The number of aromatic nitrogens is 2. The van der Waals surface area contributed by atoms with Crippen LogP contribution in [-0.4, -0.2) is 26.8 Å². The van der Waals surface area contributed by atoms with Gasteiger partial charge in [-0.25, -0.2) is 0 Å². The van der Waals surface area contributed by atoms with E-state index in [9.17, 15) is 14.9 Å². The van der Waals surface area contributed by atoms with E-state index in [1.54, 1.807) is 13.0 Å². The van der Waals surface area contributed by atoms with Gasteiger partial charge in [0.2, 0.25) is 5.91 Å². The van der Waals surface area contributed by atoms with Crippen molar-refractivity contribution in [1.29, 1.82) is 0 Å². The summed E-state index contributed by atoms with van der Waals surface area (Å²) in [7, 11) is 0. The Hall–Kier alpha value is -2.72. The first-order valence-corrected chi connectivity index (χ1v) is 9.37. The maximum Gasteiger partial charge on any atom is 0.293 e. The molecule has 0 bridgehead atoms. The van der Waals surface area contributed by atoms with Gasteiger partial charge in [-0.15, -0.1) is 21.5 Å². The van der Waals surface area contributed by atoms with Gasteiger partial charge >= 0.3 is 0 Å². The van der Waals surface area contributed by atoms with Crippen molar-refractivity contribution < 1.29 is 14.1 Å². The van der Waals surface area contributed by atoms with E-state index in [0.717, 1.165) is 22.2 Å². The lowest BCUT2D eigenvalue weighted by atomic mass is 10.1. The lowest BCUT2D eigenvalue weighted by Gasteiger charge is -2.10. The summed E-state index contributed by atoms with van der Waals surface area (Å²) >= 11 is 2.55. The van der Waals surface area contributed by atoms with Crippen molar-refractivity contribution in [2.24, 2.45) is 0 Å².